The zero-order valence-electron chi connectivity index (χ0n) is 16.3. The monoisotopic (exact) mass is 368 g/mol. The lowest BCUT2D eigenvalue weighted by atomic mass is 10.1. The Hall–Kier alpha value is -2.82. The van der Waals surface area contributed by atoms with E-state index in [4.69, 9.17) is 4.74 Å². The van der Waals surface area contributed by atoms with Crippen molar-refractivity contribution >= 4 is 17.5 Å². The molecule has 27 heavy (non-hydrogen) atoms. The summed E-state index contributed by atoms with van der Waals surface area (Å²) < 4.78 is 5.51. The Morgan fingerprint density at radius 3 is 2.37 bits per heavy atom. The van der Waals surface area contributed by atoms with Crippen molar-refractivity contribution in [2.45, 2.75) is 33.6 Å². The number of aryl methyl sites for hydroxylation is 1. The highest BCUT2D eigenvalue weighted by Gasteiger charge is 2.15. The first-order chi connectivity index (χ1) is 13.0. The molecule has 0 spiro atoms. The van der Waals surface area contributed by atoms with Gasteiger partial charge in [-0.2, -0.15) is 0 Å². The average Bonchev–Trinajstić information content (AvgIpc) is 2.66. The third kappa shape index (κ3) is 6.44. The first kappa shape index (κ1) is 20.5. The van der Waals surface area contributed by atoms with Crippen molar-refractivity contribution in [3.63, 3.8) is 0 Å². The number of amides is 2. The van der Waals surface area contributed by atoms with Gasteiger partial charge in [0.1, 0.15) is 5.75 Å². The molecule has 0 fully saturated rings. The van der Waals surface area contributed by atoms with Crippen LogP contribution in [0.1, 0.15) is 42.6 Å². The van der Waals surface area contributed by atoms with Gasteiger partial charge in [-0.05, 0) is 55.7 Å². The normalized spacial score (nSPS) is 10.3. The number of benzene rings is 2. The maximum atomic E-state index is 12.7. The second-order valence-corrected chi connectivity index (χ2v) is 6.53. The molecule has 0 aliphatic rings. The second kappa shape index (κ2) is 10.4. The van der Waals surface area contributed by atoms with Gasteiger partial charge in [0, 0.05) is 24.3 Å². The molecular weight excluding hydrogens is 340 g/mol. The van der Waals surface area contributed by atoms with E-state index in [-0.39, 0.29) is 18.4 Å². The summed E-state index contributed by atoms with van der Waals surface area (Å²) in [4.78, 5) is 26.7. The first-order valence-electron chi connectivity index (χ1n) is 9.42. The van der Waals surface area contributed by atoms with E-state index in [1.54, 1.807) is 24.3 Å². The van der Waals surface area contributed by atoms with Gasteiger partial charge in [0.05, 0.1) is 0 Å². The fraction of sp³-hybridized carbons (Fsp3) is 0.364. The Balaban J connectivity index is 1.97. The number of anilines is 1. The van der Waals surface area contributed by atoms with E-state index in [0.717, 1.165) is 31.5 Å². The SMILES string of the molecule is CCCN(CCC)C(=O)c1cccc(NC(=O)COc2cccc(C)c2)c1. The summed E-state index contributed by atoms with van der Waals surface area (Å²) in [5, 5.41) is 2.79. The Morgan fingerprint density at radius 1 is 1.00 bits per heavy atom. The minimum atomic E-state index is -0.264. The van der Waals surface area contributed by atoms with Crippen LogP contribution < -0.4 is 10.1 Å². The van der Waals surface area contributed by atoms with Gasteiger partial charge in [-0.3, -0.25) is 9.59 Å². The zero-order chi connectivity index (χ0) is 19.6. The molecule has 0 radical (unpaired) electrons. The predicted octanol–water partition coefficient (Wildman–Crippen LogP) is 4.27. The van der Waals surface area contributed by atoms with Crippen LogP contribution in [0.4, 0.5) is 5.69 Å². The van der Waals surface area contributed by atoms with Crippen molar-refractivity contribution in [1.29, 1.82) is 0 Å². The molecule has 5 nitrogen and oxygen atoms in total. The molecular formula is C22H28N2O3. The van der Waals surface area contributed by atoms with E-state index >= 15 is 0 Å². The van der Waals surface area contributed by atoms with Crippen molar-refractivity contribution in [2.24, 2.45) is 0 Å². The number of carbonyl (C=O) groups excluding carboxylic acids is 2. The highest BCUT2D eigenvalue weighted by Crippen LogP contribution is 2.15. The predicted molar refractivity (Wildman–Crippen MR) is 108 cm³/mol. The third-order valence-electron chi connectivity index (χ3n) is 4.03. The van der Waals surface area contributed by atoms with Gasteiger partial charge in [-0.25, -0.2) is 0 Å². The van der Waals surface area contributed by atoms with Crippen LogP contribution in [0.3, 0.4) is 0 Å². The number of ether oxygens (including phenoxy) is 1. The molecule has 1 N–H and O–H groups in total. The molecule has 0 aliphatic heterocycles. The lowest BCUT2D eigenvalue weighted by molar-refractivity contribution is -0.118. The van der Waals surface area contributed by atoms with Crippen LogP contribution in [-0.4, -0.2) is 36.4 Å². The summed E-state index contributed by atoms with van der Waals surface area (Å²) in [6.45, 7) is 7.46. The van der Waals surface area contributed by atoms with Crippen molar-refractivity contribution in [1.82, 2.24) is 4.90 Å². The van der Waals surface area contributed by atoms with Gasteiger partial charge < -0.3 is 15.0 Å². The Bertz CT molecular complexity index is 768. The lowest BCUT2D eigenvalue weighted by Crippen LogP contribution is -2.32. The van der Waals surface area contributed by atoms with Crippen molar-refractivity contribution in [3.05, 3.63) is 59.7 Å². The minimum Gasteiger partial charge on any atom is -0.484 e. The van der Waals surface area contributed by atoms with Gasteiger partial charge in [0.25, 0.3) is 11.8 Å². The highest BCUT2D eigenvalue weighted by atomic mass is 16.5. The van der Waals surface area contributed by atoms with Gasteiger partial charge in [-0.1, -0.05) is 32.0 Å². The molecule has 0 unspecified atom stereocenters. The summed E-state index contributed by atoms with van der Waals surface area (Å²) in [5.41, 5.74) is 2.24. The van der Waals surface area contributed by atoms with E-state index in [9.17, 15) is 9.59 Å². The Morgan fingerprint density at radius 2 is 1.70 bits per heavy atom. The van der Waals surface area contributed by atoms with Gasteiger partial charge >= 0.3 is 0 Å². The molecule has 5 heteroatoms. The fourth-order valence-corrected chi connectivity index (χ4v) is 2.82. The van der Waals surface area contributed by atoms with Crippen molar-refractivity contribution < 1.29 is 14.3 Å². The van der Waals surface area contributed by atoms with E-state index in [1.807, 2.05) is 36.1 Å². The summed E-state index contributed by atoms with van der Waals surface area (Å²) in [6.07, 6.45) is 1.83. The largest absolute Gasteiger partial charge is 0.484 e. The number of hydrogen-bond donors (Lipinski definition) is 1. The smallest absolute Gasteiger partial charge is 0.262 e. The molecule has 0 saturated carbocycles. The number of rotatable bonds is 9. The summed E-state index contributed by atoms with van der Waals surface area (Å²) >= 11 is 0. The second-order valence-electron chi connectivity index (χ2n) is 6.53. The number of nitrogens with zero attached hydrogens (tertiary/aromatic N) is 1. The van der Waals surface area contributed by atoms with Crippen LogP contribution in [0.25, 0.3) is 0 Å². The molecule has 2 amide bonds. The lowest BCUT2D eigenvalue weighted by Gasteiger charge is -2.21. The zero-order valence-corrected chi connectivity index (χ0v) is 16.3. The van der Waals surface area contributed by atoms with Gasteiger partial charge in [0.2, 0.25) is 0 Å². The van der Waals surface area contributed by atoms with Crippen molar-refractivity contribution in [3.8, 4) is 5.75 Å². The van der Waals surface area contributed by atoms with E-state index < -0.39 is 0 Å². The van der Waals surface area contributed by atoms with E-state index in [2.05, 4.69) is 19.2 Å². The van der Waals surface area contributed by atoms with Crippen LogP contribution in [0.2, 0.25) is 0 Å². The van der Waals surface area contributed by atoms with Crippen molar-refractivity contribution in [2.75, 3.05) is 25.0 Å². The molecule has 0 bridgehead atoms. The first-order valence-corrected chi connectivity index (χ1v) is 9.42. The van der Waals surface area contributed by atoms with Gasteiger partial charge in [-0.15, -0.1) is 0 Å². The topological polar surface area (TPSA) is 58.6 Å². The standard InChI is InChI=1S/C22H28N2O3/c1-4-12-24(13-5-2)22(26)18-9-7-10-19(15-18)23-21(25)16-27-20-11-6-8-17(3)14-20/h6-11,14-15H,4-5,12-13,16H2,1-3H3,(H,23,25). The quantitative estimate of drug-likeness (QED) is 0.719. The number of hydrogen-bond acceptors (Lipinski definition) is 3. The molecule has 0 saturated heterocycles. The Labute approximate surface area is 161 Å². The van der Waals surface area contributed by atoms with Crippen LogP contribution in [-0.2, 0) is 4.79 Å². The summed E-state index contributed by atoms with van der Waals surface area (Å²) in [5.74, 6) is 0.384. The number of carbonyl (C=O) groups is 2. The van der Waals surface area contributed by atoms with E-state index in [0.29, 0.717) is 17.0 Å². The average molecular weight is 368 g/mol. The van der Waals surface area contributed by atoms with Crippen LogP contribution in [0.5, 0.6) is 5.75 Å². The van der Waals surface area contributed by atoms with Crippen LogP contribution in [0, 0.1) is 6.92 Å². The molecule has 2 aromatic rings. The fourth-order valence-electron chi connectivity index (χ4n) is 2.82. The number of nitrogens with one attached hydrogen (secondary N) is 1. The molecule has 144 valence electrons. The molecule has 0 atom stereocenters. The third-order valence-corrected chi connectivity index (χ3v) is 4.03. The van der Waals surface area contributed by atoms with Crippen LogP contribution in [0.15, 0.2) is 48.5 Å². The van der Waals surface area contributed by atoms with Crippen LogP contribution >= 0.6 is 0 Å². The molecule has 0 aromatic heterocycles. The maximum Gasteiger partial charge on any atom is 0.262 e. The highest BCUT2D eigenvalue weighted by molar-refractivity contribution is 5.97. The minimum absolute atomic E-state index is 0.00851. The Kier molecular flexibility index (Phi) is 7.86. The van der Waals surface area contributed by atoms with Gasteiger partial charge in [0.15, 0.2) is 6.61 Å². The maximum absolute atomic E-state index is 12.7. The molecule has 2 aromatic carbocycles. The molecule has 2 rings (SSSR count). The summed E-state index contributed by atoms with van der Waals surface area (Å²) in [7, 11) is 0. The van der Waals surface area contributed by atoms with E-state index in [1.165, 1.54) is 0 Å². The molecule has 0 heterocycles. The molecule has 0 aliphatic carbocycles. The summed E-state index contributed by atoms with van der Waals surface area (Å²) in [6, 6.07) is 14.6.